The first-order valence-corrected chi connectivity index (χ1v) is 10.1. The van der Waals surface area contributed by atoms with Gasteiger partial charge in [0.05, 0.1) is 30.3 Å². The van der Waals surface area contributed by atoms with E-state index >= 15 is 0 Å². The fourth-order valence-corrected chi connectivity index (χ4v) is 3.63. The highest BCUT2D eigenvalue weighted by atomic mass is 19.4. The summed E-state index contributed by atoms with van der Waals surface area (Å²) in [7, 11) is 0. The van der Waals surface area contributed by atoms with E-state index < -0.39 is 23.6 Å². The van der Waals surface area contributed by atoms with Crippen LogP contribution in [0.15, 0.2) is 47.8 Å². The first kappa shape index (κ1) is 22.7. The second-order valence-electron chi connectivity index (χ2n) is 7.68. The quantitative estimate of drug-likeness (QED) is 0.606. The number of nitrogens with one attached hydrogen (secondary N) is 1. The van der Waals surface area contributed by atoms with Gasteiger partial charge in [0.15, 0.2) is 0 Å². The fraction of sp³-hybridized carbons (Fsp3) is 0.391. The van der Waals surface area contributed by atoms with Crippen LogP contribution in [0.4, 0.5) is 18.9 Å². The number of anilines is 1. The van der Waals surface area contributed by atoms with Crippen molar-refractivity contribution < 1.29 is 27.4 Å². The zero-order valence-corrected chi connectivity index (χ0v) is 17.8. The Morgan fingerprint density at radius 3 is 2.58 bits per heavy atom. The van der Waals surface area contributed by atoms with E-state index in [1.54, 1.807) is 19.9 Å². The monoisotopic (exact) mass is 434 g/mol. The van der Waals surface area contributed by atoms with Crippen LogP contribution >= 0.6 is 0 Å². The number of esters is 1. The van der Waals surface area contributed by atoms with Crippen molar-refractivity contribution in [1.29, 1.82) is 0 Å². The molecule has 8 heteroatoms. The standard InChI is InChI=1S/C23H25F3N2O3/c1-5-30-22(29)18-14(4)28-17-10-11-27-21(31-12-13(2)3)20(17)19(18)15-8-6-7-9-16(15)23(24,25)26/h6-11,13,19,28H,5,12H2,1-4H3. The molecule has 0 saturated heterocycles. The molecule has 2 aromatic rings. The molecule has 0 fully saturated rings. The number of fused-ring (bicyclic) bond motifs is 1. The highest BCUT2D eigenvalue weighted by Crippen LogP contribution is 2.48. The average molecular weight is 434 g/mol. The molecule has 3 rings (SSSR count). The number of alkyl halides is 3. The van der Waals surface area contributed by atoms with Gasteiger partial charge < -0.3 is 14.8 Å². The number of halogens is 3. The lowest BCUT2D eigenvalue weighted by Crippen LogP contribution is -2.27. The van der Waals surface area contributed by atoms with Crippen molar-refractivity contribution >= 4 is 11.7 Å². The number of benzene rings is 1. The normalized spacial score (nSPS) is 16.1. The molecular formula is C23H25F3N2O3. The van der Waals surface area contributed by atoms with Crippen LogP contribution in [-0.4, -0.2) is 24.2 Å². The third-order valence-electron chi connectivity index (χ3n) is 4.88. The summed E-state index contributed by atoms with van der Waals surface area (Å²) in [5, 5.41) is 3.11. The Hall–Kier alpha value is -3.03. The molecule has 1 aliphatic rings. The number of allylic oxidation sites excluding steroid dienone is 1. The summed E-state index contributed by atoms with van der Waals surface area (Å²) in [4.78, 5) is 17.2. The first-order valence-electron chi connectivity index (χ1n) is 10.1. The molecule has 31 heavy (non-hydrogen) atoms. The number of hydrogen-bond acceptors (Lipinski definition) is 5. The summed E-state index contributed by atoms with van der Waals surface area (Å²) in [6.45, 7) is 7.63. The maximum absolute atomic E-state index is 13.9. The highest BCUT2D eigenvalue weighted by molar-refractivity contribution is 5.95. The predicted octanol–water partition coefficient (Wildman–Crippen LogP) is 5.53. The van der Waals surface area contributed by atoms with Gasteiger partial charge in [0, 0.05) is 23.1 Å². The highest BCUT2D eigenvalue weighted by Gasteiger charge is 2.42. The number of pyridine rings is 1. The first-order chi connectivity index (χ1) is 14.6. The summed E-state index contributed by atoms with van der Waals surface area (Å²) in [6.07, 6.45) is -3.08. The zero-order valence-electron chi connectivity index (χ0n) is 17.8. The van der Waals surface area contributed by atoms with Crippen molar-refractivity contribution in [3.05, 3.63) is 64.5 Å². The van der Waals surface area contributed by atoms with E-state index in [-0.39, 0.29) is 29.5 Å². The molecule has 166 valence electrons. The predicted molar refractivity (Wildman–Crippen MR) is 111 cm³/mol. The molecule has 0 aliphatic carbocycles. The minimum atomic E-state index is -4.60. The molecule has 0 spiro atoms. The van der Waals surface area contributed by atoms with Crippen LogP contribution in [0.3, 0.4) is 0 Å². The SMILES string of the molecule is CCOC(=O)C1=C(C)Nc2ccnc(OCC(C)C)c2C1c1ccccc1C(F)(F)F. The zero-order chi connectivity index (χ0) is 22.8. The van der Waals surface area contributed by atoms with Crippen molar-refractivity contribution in [1.82, 2.24) is 4.98 Å². The molecule has 0 saturated carbocycles. The molecule has 1 atom stereocenters. The number of aromatic nitrogens is 1. The van der Waals surface area contributed by atoms with Crippen LogP contribution in [-0.2, 0) is 15.7 Å². The molecule has 0 amide bonds. The maximum atomic E-state index is 13.9. The smallest absolute Gasteiger partial charge is 0.416 e. The van der Waals surface area contributed by atoms with Crippen LogP contribution < -0.4 is 10.1 Å². The molecule has 1 aromatic heterocycles. The van der Waals surface area contributed by atoms with Gasteiger partial charge in [-0.3, -0.25) is 0 Å². The topological polar surface area (TPSA) is 60.5 Å². The van der Waals surface area contributed by atoms with Crippen LogP contribution in [0, 0.1) is 5.92 Å². The molecule has 1 N–H and O–H groups in total. The van der Waals surface area contributed by atoms with Crippen LogP contribution in [0.2, 0.25) is 0 Å². The van der Waals surface area contributed by atoms with Gasteiger partial charge in [-0.2, -0.15) is 13.2 Å². The number of nitrogens with zero attached hydrogens (tertiary/aromatic N) is 1. The average Bonchev–Trinajstić information content (AvgIpc) is 2.70. The minimum Gasteiger partial charge on any atom is -0.477 e. The third-order valence-corrected chi connectivity index (χ3v) is 4.88. The number of hydrogen-bond donors (Lipinski definition) is 1. The largest absolute Gasteiger partial charge is 0.477 e. The van der Waals surface area contributed by atoms with Gasteiger partial charge in [0.25, 0.3) is 0 Å². The van der Waals surface area contributed by atoms with Gasteiger partial charge in [-0.25, -0.2) is 9.78 Å². The summed E-state index contributed by atoms with van der Waals surface area (Å²) in [5.74, 6) is -1.37. The van der Waals surface area contributed by atoms with E-state index in [4.69, 9.17) is 9.47 Å². The molecule has 0 bridgehead atoms. The number of carbonyl (C=O) groups excluding carboxylic acids is 1. The van der Waals surface area contributed by atoms with Gasteiger partial charge in [0.2, 0.25) is 5.88 Å². The lowest BCUT2D eigenvalue weighted by atomic mass is 9.79. The van der Waals surface area contributed by atoms with E-state index in [0.29, 0.717) is 23.6 Å². The Labute approximate surface area is 179 Å². The molecule has 1 aliphatic heterocycles. The molecular weight excluding hydrogens is 409 g/mol. The van der Waals surface area contributed by atoms with Crippen molar-refractivity contribution in [3.8, 4) is 5.88 Å². The fourth-order valence-electron chi connectivity index (χ4n) is 3.63. The Bertz CT molecular complexity index is 1000. The number of ether oxygens (including phenoxy) is 2. The molecule has 1 unspecified atom stereocenters. The second kappa shape index (κ2) is 8.99. The van der Waals surface area contributed by atoms with Crippen molar-refractivity contribution in [3.63, 3.8) is 0 Å². The van der Waals surface area contributed by atoms with Crippen LogP contribution in [0.5, 0.6) is 5.88 Å². The summed E-state index contributed by atoms with van der Waals surface area (Å²) < 4.78 is 52.8. The Morgan fingerprint density at radius 1 is 1.23 bits per heavy atom. The van der Waals surface area contributed by atoms with Gasteiger partial charge in [-0.05, 0) is 37.5 Å². The lowest BCUT2D eigenvalue weighted by Gasteiger charge is -2.32. The Balaban J connectivity index is 2.29. The Kier molecular flexibility index (Phi) is 6.57. The van der Waals surface area contributed by atoms with E-state index in [2.05, 4.69) is 10.3 Å². The second-order valence-corrected chi connectivity index (χ2v) is 7.68. The number of rotatable bonds is 6. The van der Waals surface area contributed by atoms with Crippen molar-refractivity contribution in [2.75, 3.05) is 18.5 Å². The molecule has 5 nitrogen and oxygen atoms in total. The molecule has 1 aromatic carbocycles. The molecule has 0 radical (unpaired) electrons. The maximum Gasteiger partial charge on any atom is 0.416 e. The van der Waals surface area contributed by atoms with Crippen molar-refractivity contribution in [2.45, 2.75) is 39.8 Å². The van der Waals surface area contributed by atoms with E-state index in [1.807, 2.05) is 13.8 Å². The van der Waals surface area contributed by atoms with Crippen molar-refractivity contribution in [2.24, 2.45) is 5.92 Å². The van der Waals surface area contributed by atoms with Gasteiger partial charge in [-0.1, -0.05) is 32.0 Å². The Morgan fingerprint density at radius 2 is 1.94 bits per heavy atom. The summed E-state index contributed by atoms with van der Waals surface area (Å²) in [5.41, 5.74) is 0.584. The lowest BCUT2D eigenvalue weighted by molar-refractivity contribution is -0.140. The molecule has 2 heterocycles. The summed E-state index contributed by atoms with van der Waals surface area (Å²) in [6, 6.07) is 6.91. The third kappa shape index (κ3) is 4.68. The van der Waals surface area contributed by atoms with Gasteiger partial charge in [0.1, 0.15) is 0 Å². The van der Waals surface area contributed by atoms with E-state index in [1.165, 1.54) is 24.4 Å². The number of carbonyl (C=O) groups is 1. The summed E-state index contributed by atoms with van der Waals surface area (Å²) >= 11 is 0. The minimum absolute atomic E-state index is 0.0532. The van der Waals surface area contributed by atoms with Crippen LogP contribution in [0.1, 0.15) is 50.3 Å². The van der Waals surface area contributed by atoms with Crippen LogP contribution in [0.25, 0.3) is 0 Å². The van der Waals surface area contributed by atoms with E-state index in [0.717, 1.165) is 6.07 Å². The van der Waals surface area contributed by atoms with E-state index in [9.17, 15) is 18.0 Å². The van der Waals surface area contributed by atoms with Gasteiger partial charge in [-0.15, -0.1) is 0 Å². The van der Waals surface area contributed by atoms with Gasteiger partial charge >= 0.3 is 12.1 Å².